The van der Waals surface area contributed by atoms with E-state index in [2.05, 4.69) is 13.8 Å². The van der Waals surface area contributed by atoms with E-state index in [1.807, 2.05) is 6.92 Å². The molecule has 0 bridgehead atoms. The van der Waals surface area contributed by atoms with Crippen molar-refractivity contribution in [3.8, 4) is 0 Å². The van der Waals surface area contributed by atoms with Crippen LogP contribution in [-0.4, -0.2) is 35.0 Å². The number of hydrogen-bond donors (Lipinski definition) is 1. The van der Waals surface area contributed by atoms with Crippen LogP contribution in [0.3, 0.4) is 0 Å². The molecule has 1 spiro atoms. The summed E-state index contributed by atoms with van der Waals surface area (Å²) < 4.78 is 11.5. The zero-order valence-corrected chi connectivity index (χ0v) is 11.8. The van der Waals surface area contributed by atoms with Gasteiger partial charge in [-0.15, -0.1) is 0 Å². The number of hydrogen-bond acceptors (Lipinski definition) is 4. The molecule has 2 saturated carbocycles. The molecule has 0 unspecified atom stereocenters. The maximum absolute atomic E-state index is 11.8. The molecule has 4 heteroatoms. The summed E-state index contributed by atoms with van der Waals surface area (Å²) in [7, 11) is 0. The molecule has 4 nitrogen and oxygen atoms in total. The van der Waals surface area contributed by atoms with Crippen LogP contribution in [0.4, 0.5) is 0 Å². The molecule has 19 heavy (non-hydrogen) atoms. The number of carbonyl (C=O) groups is 1. The Morgan fingerprint density at radius 3 is 2.79 bits per heavy atom. The first kappa shape index (κ1) is 12.2. The smallest absolute Gasteiger partial charge is 0.309 e. The number of rotatable bonds is 0. The summed E-state index contributed by atoms with van der Waals surface area (Å²) >= 11 is 0. The minimum Gasteiger partial charge on any atom is -0.462 e. The van der Waals surface area contributed by atoms with Gasteiger partial charge in [-0.3, -0.25) is 4.79 Å². The molecule has 2 aliphatic carbocycles. The molecule has 4 aliphatic rings. The van der Waals surface area contributed by atoms with E-state index >= 15 is 0 Å². The van der Waals surface area contributed by atoms with Crippen molar-refractivity contribution in [2.24, 2.45) is 23.2 Å². The second kappa shape index (κ2) is 3.34. The molecule has 106 valence electrons. The highest BCUT2D eigenvalue weighted by molar-refractivity contribution is 5.75. The molecule has 2 aliphatic heterocycles. The highest BCUT2D eigenvalue weighted by Crippen LogP contribution is 2.68. The predicted octanol–water partition coefficient (Wildman–Crippen LogP) is 1.50. The maximum Gasteiger partial charge on any atom is 0.309 e. The molecular formula is C15H22O4. The van der Waals surface area contributed by atoms with Gasteiger partial charge in [-0.2, -0.15) is 0 Å². The standard InChI is InChI=1S/C15H22O4/c1-7-4-10(16)12-15(19-12)6-11-9(5-14(7,15)3)8(2)13(17)18-11/h7-12,16H,4-6H2,1-3H3/t7-,8-,9+,10-,11+,12+,14+,15+/m0/s1. The van der Waals surface area contributed by atoms with Crippen LogP contribution < -0.4 is 0 Å². The Morgan fingerprint density at radius 2 is 2.05 bits per heavy atom. The summed E-state index contributed by atoms with van der Waals surface area (Å²) in [6.45, 7) is 6.49. The molecule has 2 heterocycles. The van der Waals surface area contributed by atoms with Gasteiger partial charge >= 0.3 is 5.97 Å². The molecule has 0 amide bonds. The van der Waals surface area contributed by atoms with Crippen molar-refractivity contribution in [1.82, 2.24) is 0 Å². The van der Waals surface area contributed by atoms with Crippen LogP contribution in [0.25, 0.3) is 0 Å². The number of epoxide rings is 1. The summed E-state index contributed by atoms with van der Waals surface area (Å²) in [4.78, 5) is 11.8. The highest BCUT2D eigenvalue weighted by Gasteiger charge is 2.76. The van der Waals surface area contributed by atoms with Crippen molar-refractivity contribution in [3.63, 3.8) is 0 Å². The fraction of sp³-hybridized carbons (Fsp3) is 0.933. The van der Waals surface area contributed by atoms with Gasteiger partial charge in [0.15, 0.2) is 0 Å². The van der Waals surface area contributed by atoms with Crippen LogP contribution in [0.2, 0.25) is 0 Å². The lowest BCUT2D eigenvalue weighted by molar-refractivity contribution is -0.146. The predicted molar refractivity (Wildman–Crippen MR) is 67.3 cm³/mol. The molecule has 2 saturated heterocycles. The average molecular weight is 266 g/mol. The van der Waals surface area contributed by atoms with Crippen molar-refractivity contribution >= 4 is 5.97 Å². The van der Waals surface area contributed by atoms with Crippen LogP contribution in [0, 0.1) is 23.2 Å². The SMILES string of the molecule is C[C@@H]1C(=O)O[C@@H]2C[C@@]34O[C@@H]3[C@@H](O)C[C@H](C)[C@@]4(C)C[C@H]12. The van der Waals surface area contributed by atoms with E-state index in [4.69, 9.17) is 9.47 Å². The Hall–Kier alpha value is -0.610. The summed E-state index contributed by atoms with van der Waals surface area (Å²) in [5, 5.41) is 10.1. The molecule has 8 atom stereocenters. The fourth-order valence-electron chi connectivity index (χ4n) is 5.11. The van der Waals surface area contributed by atoms with Crippen LogP contribution in [0.15, 0.2) is 0 Å². The van der Waals surface area contributed by atoms with Gasteiger partial charge in [0.05, 0.1) is 12.0 Å². The second-order valence-electron chi connectivity index (χ2n) is 7.39. The second-order valence-corrected chi connectivity index (χ2v) is 7.39. The molecule has 0 radical (unpaired) electrons. The van der Waals surface area contributed by atoms with E-state index in [0.29, 0.717) is 11.8 Å². The van der Waals surface area contributed by atoms with E-state index in [9.17, 15) is 9.90 Å². The largest absolute Gasteiger partial charge is 0.462 e. The zero-order valence-electron chi connectivity index (χ0n) is 11.8. The van der Waals surface area contributed by atoms with Crippen LogP contribution in [0.5, 0.6) is 0 Å². The molecule has 1 N–H and O–H groups in total. The Labute approximate surface area is 113 Å². The summed E-state index contributed by atoms with van der Waals surface area (Å²) in [5.74, 6) is 0.699. The summed E-state index contributed by atoms with van der Waals surface area (Å²) in [6.07, 6.45) is 2.17. The number of aliphatic hydroxyl groups is 1. The normalized spacial score (nSPS) is 62.8. The maximum atomic E-state index is 11.8. The van der Waals surface area contributed by atoms with Crippen molar-refractivity contribution in [3.05, 3.63) is 0 Å². The van der Waals surface area contributed by atoms with Gasteiger partial charge in [-0.05, 0) is 18.8 Å². The first-order chi connectivity index (χ1) is 8.89. The van der Waals surface area contributed by atoms with Gasteiger partial charge in [0, 0.05) is 17.8 Å². The molecule has 4 fully saturated rings. The van der Waals surface area contributed by atoms with Gasteiger partial charge in [0.2, 0.25) is 0 Å². The van der Waals surface area contributed by atoms with Gasteiger partial charge < -0.3 is 14.6 Å². The lowest BCUT2D eigenvalue weighted by Gasteiger charge is -2.51. The first-order valence-electron chi connectivity index (χ1n) is 7.45. The molecule has 0 aromatic carbocycles. The molecule has 0 aromatic rings. The molecule has 4 rings (SSSR count). The van der Waals surface area contributed by atoms with Crippen molar-refractivity contribution in [1.29, 1.82) is 0 Å². The van der Waals surface area contributed by atoms with Gasteiger partial charge in [0.25, 0.3) is 0 Å². The minimum atomic E-state index is -0.353. The van der Waals surface area contributed by atoms with Gasteiger partial charge in [-0.25, -0.2) is 0 Å². The Balaban J connectivity index is 1.72. The zero-order chi connectivity index (χ0) is 13.6. The monoisotopic (exact) mass is 266 g/mol. The fourth-order valence-corrected chi connectivity index (χ4v) is 5.11. The lowest BCUT2D eigenvalue weighted by Crippen LogP contribution is -2.56. The Bertz CT molecular complexity index is 449. The van der Waals surface area contributed by atoms with Crippen LogP contribution >= 0.6 is 0 Å². The molecule has 0 aromatic heterocycles. The van der Waals surface area contributed by atoms with Crippen LogP contribution in [-0.2, 0) is 14.3 Å². The van der Waals surface area contributed by atoms with Gasteiger partial charge in [-0.1, -0.05) is 20.8 Å². The topological polar surface area (TPSA) is 59.1 Å². The third-order valence-corrected chi connectivity index (χ3v) is 6.66. The van der Waals surface area contributed by atoms with Crippen molar-refractivity contribution in [2.75, 3.05) is 0 Å². The summed E-state index contributed by atoms with van der Waals surface area (Å²) in [5.41, 5.74) is -0.171. The average Bonchev–Trinajstić information content (AvgIpc) is 3.01. The Kier molecular flexibility index (Phi) is 2.14. The van der Waals surface area contributed by atoms with Gasteiger partial charge in [0.1, 0.15) is 17.8 Å². The quantitative estimate of drug-likeness (QED) is 0.533. The van der Waals surface area contributed by atoms with E-state index in [1.54, 1.807) is 0 Å². The third-order valence-electron chi connectivity index (χ3n) is 6.66. The van der Waals surface area contributed by atoms with E-state index in [0.717, 1.165) is 19.3 Å². The van der Waals surface area contributed by atoms with E-state index in [-0.39, 0.29) is 41.2 Å². The highest BCUT2D eigenvalue weighted by atomic mass is 16.6. The summed E-state index contributed by atoms with van der Waals surface area (Å²) in [6, 6.07) is 0. The third kappa shape index (κ3) is 1.25. The number of carbonyl (C=O) groups excluding carboxylic acids is 1. The Morgan fingerprint density at radius 1 is 1.32 bits per heavy atom. The van der Waals surface area contributed by atoms with Crippen molar-refractivity contribution < 1.29 is 19.4 Å². The number of esters is 1. The lowest BCUT2D eigenvalue weighted by atomic mass is 9.52. The minimum absolute atomic E-state index is 0.00178. The van der Waals surface area contributed by atoms with Crippen molar-refractivity contribution in [2.45, 2.75) is 63.9 Å². The number of ether oxygens (including phenoxy) is 2. The van der Waals surface area contributed by atoms with E-state index in [1.165, 1.54) is 0 Å². The number of fused-ring (bicyclic) bond motifs is 1. The van der Waals surface area contributed by atoms with Crippen LogP contribution in [0.1, 0.15) is 40.0 Å². The first-order valence-corrected chi connectivity index (χ1v) is 7.45. The number of aliphatic hydroxyl groups excluding tert-OH is 1. The van der Waals surface area contributed by atoms with E-state index < -0.39 is 0 Å². The molecular weight excluding hydrogens is 244 g/mol.